The average Bonchev–Trinajstić information content (AvgIpc) is 2.96. The molecule has 2 fully saturated rings. The monoisotopic (exact) mass is 459 g/mol. The third kappa shape index (κ3) is 5.07. The van der Waals surface area contributed by atoms with Gasteiger partial charge in [0.1, 0.15) is 42.7 Å². The van der Waals surface area contributed by atoms with Crippen LogP contribution in [0.5, 0.6) is 0 Å². The first kappa shape index (κ1) is 26.0. The van der Waals surface area contributed by atoms with Crippen LogP contribution < -0.4 is 46.1 Å². The molecule has 168 valence electrons. The van der Waals surface area contributed by atoms with Crippen molar-refractivity contribution in [3.63, 3.8) is 0 Å². The van der Waals surface area contributed by atoms with Gasteiger partial charge in [-0.3, -0.25) is 4.57 Å². The number of nitrogens with zero attached hydrogens (tertiary/aromatic N) is 2. The summed E-state index contributed by atoms with van der Waals surface area (Å²) in [5.74, 6) is -3.61. The van der Waals surface area contributed by atoms with Crippen LogP contribution in [0.3, 0.4) is 0 Å². The largest absolute Gasteiger partial charge is 1.00 e. The van der Waals surface area contributed by atoms with E-state index >= 15 is 0 Å². The molecule has 3 rings (SSSR count). The zero-order valence-corrected chi connectivity index (χ0v) is 18.0. The number of ether oxygens (including phenoxy) is 3. The molecule has 9 atom stereocenters. The van der Waals surface area contributed by atoms with Gasteiger partial charge in [0, 0.05) is 0 Å². The fourth-order valence-electron chi connectivity index (χ4n) is 3.11. The van der Waals surface area contributed by atoms with E-state index in [1.54, 1.807) is 0 Å². The van der Waals surface area contributed by atoms with Crippen molar-refractivity contribution < 1.29 is 83.6 Å². The Balaban J connectivity index is 0.00000341. The Hall–Kier alpha value is -1.24. The Morgan fingerprint density at radius 1 is 1.16 bits per heavy atom. The number of anilines is 1. The van der Waals surface area contributed by atoms with Gasteiger partial charge in [0.05, 0.1) is 18.8 Å². The quantitative estimate of drug-likeness (QED) is 0.225. The first-order chi connectivity index (χ1) is 14.0. The van der Waals surface area contributed by atoms with Crippen LogP contribution in [0.2, 0.25) is 0 Å². The number of rotatable bonds is 5. The summed E-state index contributed by atoms with van der Waals surface area (Å²) in [5, 5.41) is 60.5. The SMILES string of the molecule is Nc1nc(=O)n(C2OC(COC3OC(C(=O)[O-])C(O)C(O)C3O)C(O)C2O)cc1F.[Na+]. The van der Waals surface area contributed by atoms with Crippen molar-refractivity contribution in [2.24, 2.45) is 0 Å². The molecular formula is C15H19FN3NaO11. The van der Waals surface area contributed by atoms with E-state index in [-0.39, 0.29) is 29.6 Å². The van der Waals surface area contributed by atoms with Crippen LogP contribution in [0.1, 0.15) is 6.23 Å². The summed E-state index contributed by atoms with van der Waals surface area (Å²) in [5.41, 5.74) is 4.12. The molecule has 0 spiro atoms. The predicted octanol–water partition coefficient (Wildman–Crippen LogP) is -8.84. The average molecular weight is 459 g/mol. The number of hydrogen-bond donors (Lipinski definition) is 6. The molecule has 1 aromatic heterocycles. The summed E-state index contributed by atoms with van der Waals surface area (Å²) >= 11 is 0. The van der Waals surface area contributed by atoms with Crippen molar-refractivity contribution in [1.82, 2.24) is 9.55 Å². The third-order valence-corrected chi connectivity index (χ3v) is 4.77. The fourth-order valence-corrected chi connectivity index (χ4v) is 3.11. The zero-order valence-electron chi connectivity index (χ0n) is 16.0. The maximum Gasteiger partial charge on any atom is 1.00 e. The normalized spacial score (nSPS) is 37.9. The summed E-state index contributed by atoms with van der Waals surface area (Å²) in [4.78, 5) is 26.1. The van der Waals surface area contributed by atoms with Crippen LogP contribution in [-0.4, -0.2) is 96.7 Å². The van der Waals surface area contributed by atoms with Gasteiger partial charge in [-0.2, -0.15) is 4.98 Å². The minimum absolute atomic E-state index is 0. The molecule has 2 aliphatic rings. The van der Waals surface area contributed by atoms with Crippen molar-refractivity contribution in [1.29, 1.82) is 0 Å². The van der Waals surface area contributed by atoms with Crippen LogP contribution >= 0.6 is 0 Å². The number of aliphatic hydroxyl groups is 5. The summed E-state index contributed by atoms with van der Waals surface area (Å²) in [6.07, 6.45) is -15.2. The third-order valence-electron chi connectivity index (χ3n) is 4.77. The number of aromatic nitrogens is 2. The van der Waals surface area contributed by atoms with Crippen molar-refractivity contribution in [3.8, 4) is 0 Å². The number of nitrogens with two attached hydrogens (primary N) is 1. The van der Waals surface area contributed by atoms with Gasteiger partial charge in [-0.15, -0.1) is 0 Å². The van der Waals surface area contributed by atoms with Gasteiger partial charge >= 0.3 is 35.2 Å². The minimum Gasteiger partial charge on any atom is -0.547 e. The Bertz CT molecular complexity index is 860. The number of carbonyl (C=O) groups excluding carboxylic acids is 1. The van der Waals surface area contributed by atoms with Gasteiger partial charge in [-0.25, -0.2) is 9.18 Å². The van der Waals surface area contributed by atoms with Crippen molar-refractivity contribution in [2.75, 3.05) is 12.3 Å². The first-order valence-electron chi connectivity index (χ1n) is 8.60. The molecule has 0 bridgehead atoms. The van der Waals surface area contributed by atoms with Gasteiger partial charge < -0.3 is 55.4 Å². The maximum atomic E-state index is 13.6. The molecule has 31 heavy (non-hydrogen) atoms. The standard InChI is InChI=1S/C15H20FN3O11.Na/c16-3-1-19(15(27)18-11(3)17)12-8(23)5(20)4(29-12)2-28-14-9(24)6(21)7(22)10(30-14)13(25)26;/h1,4-10,12,14,20-24H,2H2,(H,25,26)(H2,17,18,27);/q;+1/p-1. The molecule has 7 N–H and O–H groups in total. The number of carboxylic acids is 1. The molecule has 2 saturated heterocycles. The Labute approximate surface area is 194 Å². The number of carboxylic acid groups (broad SMARTS) is 1. The number of halogens is 1. The summed E-state index contributed by atoms with van der Waals surface area (Å²) in [7, 11) is 0. The van der Waals surface area contributed by atoms with E-state index in [0.29, 0.717) is 10.8 Å². The minimum atomic E-state index is -2.01. The smallest absolute Gasteiger partial charge is 0.547 e. The second kappa shape index (κ2) is 10.1. The Morgan fingerprint density at radius 3 is 2.42 bits per heavy atom. The molecular weight excluding hydrogens is 440 g/mol. The maximum absolute atomic E-state index is 13.6. The van der Waals surface area contributed by atoms with E-state index in [1.807, 2.05) is 0 Å². The molecule has 0 amide bonds. The van der Waals surface area contributed by atoms with E-state index in [4.69, 9.17) is 19.9 Å². The fraction of sp³-hybridized carbons (Fsp3) is 0.667. The zero-order chi connectivity index (χ0) is 22.3. The molecule has 14 nitrogen and oxygen atoms in total. The second-order valence-electron chi connectivity index (χ2n) is 6.76. The Morgan fingerprint density at radius 2 is 1.81 bits per heavy atom. The summed E-state index contributed by atoms with van der Waals surface area (Å²) < 4.78 is 29.5. The van der Waals surface area contributed by atoms with Gasteiger partial charge in [-0.1, -0.05) is 0 Å². The van der Waals surface area contributed by atoms with Gasteiger partial charge in [0.2, 0.25) is 0 Å². The predicted molar refractivity (Wildman–Crippen MR) is 86.4 cm³/mol. The van der Waals surface area contributed by atoms with E-state index in [1.165, 1.54) is 0 Å². The number of hydrogen-bond acceptors (Lipinski definition) is 13. The number of aliphatic hydroxyl groups excluding tert-OH is 5. The molecule has 9 unspecified atom stereocenters. The topological polar surface area (TPSA) is 230 Å². The number of aliphatic carboxylic acids is 1. The van der Waals surface area contributed by atoms with E-state index in [0.717, 1.165) is 0 Å². The summed E-state index contributed by atoms with van der Waals surface area (Å²) in [6, 6.07) is 0. The van der Waals surface area contributed by atoms with E-state index < -0.39 is 85.1 Å². The second-order valence-corrected chi connectivity index (χ2v) is 6.76. The summed E-state index contributed by atoms with van der Waals surface area (Å²) in [6.45, 7) is -0.626. The van der Waals surface area contributed by atoms with E-state index in [2.05, 4.69) is 4.98 Å². The molecule has 0 saturated carbocycles. The molecule has 16 heteroatoms. The number of nitrogen functional groups attached to an aromatic ring is 1. The van der Waals surface area contributed by atoms with E-state index in [9.17, 15) is 44.6 Å². The van der Waals surface area contributed by atoms with Crippen LogP contribution in [0.15, 0.2) is 11.0 Å². The van der Waals surface area contributed by atoms with Gasteiger partial charge in [0.25, 0.3) is 0 Å². The molecule has 0 aliphatic carbocycles. The van der Waals surface area contributed by atoms with Crippen LogP contribution in [0, 0.1) is 5.82 Å². The molecule has 0 radical (unpaired) electrons. The van der Waals surface area contributed by atoms with Crippen LogP contribution in [-0.2, 0) is 19.0 Å². The van der Waals surface area contributed by atoms with Crippen molar-refractivity contribution in [2.45, 2.75) is 55.2 Å². The van der Waals surface area contributed by atoms with Gasteiger partial charge in [0.15, 0.2) is 24.2 Å². The number of carbonyl (C=O) groups is 1. The van der Waals surface area contributed by atoms with Gasteiger partial charge in [-0.05, 0) is 0 Å². The van der Waals surface area contributed by atoms with Crippen molar-refractivity contribution >= 4 is 11.8 Å². The molecule has 1 aromatic rings. The Kier molecular flexibility index (Phi) is 8.51. The molecule has 0 aromatic carbocycles. The van der Waals surface area contributed by atoms with Crippen molar-refractivity contribution in [3.05, 3.63) is 22.5 Å². The molecule has 3 heterocycles. The van der Waals surface area contributed by atoms with Crippen LogP contribution in [0.25, 0.3) is 0 Å². The first-order valence-corrected chi connectivity index (χ1v) is 8.60. The molecule has 2 aliphatic heterocycles. The van der Waals surface area contributed by atoms with Crippen LogP contribution in [0.4, 0.5) is 10.2 Å².